The van der Waals surface area contributed by atoms with E-state index in [1.807, 2.05) is 4.90 Å². The van der Waals surface area contributed by atoms with Crippen molar-refractivity contribution in [2.75, 3.05) is 19.6 Å². The lowest BCUT2D eigenvalue weighted by Gasteiger charge is -2.31. The molecule has 3 rings (SSSR count). The first kappa shape index (κ1) is 18.4. The number of likely N-dealkylation sites (tertiary alicyclic amines) is 1. The predicted molar refractivity (Wildman–Crippen MR) is 86.1 cm³/mol. The van der Waals surface area contributed by atoms with Crippen LogP contribution < -0.4 is 5.73 Å². The summed E-state index contributed by atoms with van der Waals surface area (Å²) in [5, 5.41) is 4.02. The summed E-state index contributed by atoms with van der Waals surface area (Å²) in [5.41, 5.74) is 5.23. The summed E-state index contributed by atoms with van der Waals surface area (Å²) < 4.78 is 45.2. The van der Waals surface area contributed by atoms with Crippen LogP contribution >= 0.6 is 0 Å². The van der Waals surface area contributed by atoms with Crippen LogP contribution in [0.25, 0.3) is 11.6 Å². The molecule has 1 aliphatic rings. The van der Waals surface area contributed by atoms with E-state index in [1.54, 1.807) is 19.1 Å². The minimum absolute atomic E-state index is 0.0775. The van der Waals surface area contributed by atoms with Gasteiger partial charge in [-0.25, -0.2) is 9.67 Å². The van der Waals surface area contributed by atoms with E-state index in [9.17, 15) is 18.0 Å². The van der Waals surface area contributed by atoms with Gasteiger partial charge in [-0.2, -0.15) is 13.2 Å². The molecule has 2 aromatic heterocycles. The van der Waals surface area contributed by atoms with Crippen LogP contribution in [-0.4, -0.2) is 51.4 Å². The Hall–Kier alpha value is -2.36. The van der Waals surface area contributed by atoms with Crippen LogP contribution in [0, 0.1) is 6.92 Å². The van der Waals surface area contributed by atoms with Crippen LogP contribution in [0.4, 0.5) is 13.2 Å². The Labute approximate surface area is 148 Å². The third-order valence-electron chi connectivity index (χ3n) is 4.24. The number of halogens is 3. The molecule has 0 aromatic carbocycles. The average Bonchev–Trinajstić information content (AvgIpc) is 3.11. The van der Waals surface area contributed by atoms with Gasteiger partial charge in [-0.05, 0) is 38.4 Å². The number of primary amides is 1. The molecule has 0 bridgehead atoms. The maximum Gasteiger partial charge on any atom is 0.408 e. The van der Waals surface area contributed by atoms with Crippen LogP contribution in [0.2, 0.25) is 0 Å². The highest BCUT2D eigenvalue weighted by atomic mass is 19.4. The van der Waals surface area contributed by atoms with Crippen LogP contribution in [0.3, 0.4) is 0 Å². The lowest BCUT2D eigenvalue weighted by Crippen LogP contribution is -2.40. The summed E-state index contributed by atoms with van der Waals surface area (Å²) in [4.78, 5) is 17.3. The molecule has 2 N–H and O–H groups in total. The number of carbonyl (C=O) groups excluding carboxylic acids is 1. The minimum atomic E-state index is -4.42. The van der Waals surface area contributed by atoms with Gasteiger partial charge in [0.25, 0.3) is 0 Å². The lowest BCUT2D eigenvalue weighted by molar-refractivity contribution is -0.143. The van der Waals surface area contributed by atoms with Gasteiger partial charge >= 0.3 is 6.18 Å². The minimum Gasteiger partial charge on any atom is -0.458 e. The van der Waals surface area contributed by atoms with Gasteiger partial charge in [0.15, 0.2) is 5.76 Å². The smallest absolute Gasteiger partial charge is 0.408 e. The summed E-state index contributed by atoms with van der Waals surface area (Å²) in [7, 11) is 0. The Bertz CT molecular complexity index is 783. The molecule has 3 heterocycles. The van der Waals surface area contributed by atoms with E-state index in [0.717, 1.165) is 11.1 Å². The Kier molecular flexibility index (Phi) is 5.03. The SMILES string of the molecule is Cc1ccc(-c2nc(C3CCCN(CC(N)=O)C3)n(CC(F)(F)F)n2)o1. The largest absolute Gasteiger partial charge is 0.458 e. The number of hydrogen-bond acceptors (Lipinski definition) is 5. The number of alkyl halides is 3. The van der Waals surface area contributed by atoms with Crippen molar-refractivity contribution in [3.63, 3.8) is 0 Å². The second kappa shape index (κ2) is 7.10. The molecule has 1 unspecified atom stereocenters. The molecule has 0 saturated carbocycles. The van der Waals surface area contributed by atoms with Gasteiger partial charge in [0.1, 0.15) is 18.1 Å². The van der Waals surface area contributed by atoms with Crippen molar-refractivity contribution in [1.29, 1.82) is 0 Å². The number of rotatable bonds is 5. The number of piperidine rings is 1. The summed E-state index contributed by atoms with van der Waals surface area (Å²) in [6, 6.07) is 3.33. The summed E-state index contributed by atoms with van der Waals surface area (Å²) in [6.07, 6.45) is -3.01. The number of furan rings is 1. The summed E-state index contributed by atoms with van der Waals surface area (Å²) >= 11 is 0. The Morgan fingerprint density at radius 1 is 1.42 bits per heavy atom. The van der Waals surface area contributed by atoms with Gasteiger partial charge in [-0.1, -0.05) is 0 Å². The quantitative estimate of drug-likeness (QED) is 0.869. The van der Waals surface area contributed by atoms with Crippen molar-refractivity contribution in [2.24, 2.45) is 5.73 Å². The fraction of sp³-hybridized carbons (Fsp3) is 0.562. The van der Waals surface area contributed by atoms with Crippen molar-refractivity contribution in [3.05, 3.63) is 23.7 Å². The van der Waals surface area contributed by atoms with Gasteiger partial charge in [0, 0.05) is 12.5 Å². The van der Waals surface area contributed by atoms with E-state index in [1.165, 1.54) is 0 Å². The highest BCUT2D eigenvalue weighted by Crippen LogP contribution is 2.30. The molecular weight excluding hydrogens is 351 g/mol. The molecule has 10 heteroatoms. The van der Waals surface area contributed by atoms with Gasteiger partial charge in [-0.3, -0.25) is 9.69 Å². The van der Waals surface area contributed by atoms with Crippen LogP contribution in [-0.2, 0) is 11.3 Å². The van der Waals surface area contributed by atoms with E-state index in [0.29, 0.717) is 31.0 Å². The number of aryl methyl sites for hydroxylation is 1. The van der Waals surface area contributed by atoms with E-state index in [4.69, 9.17) is 10.2 Å². The lowest BCUT2D eigenvalue weighted by atomic mass is 9.97. The van der Waals surface area contributed by atoms with E-state index in [2.05, 4.69) is 10.1 Å². The number of nitrogens with zero attached hydrogens (tertiary/aromatic N) is 4. The van der Waals surface area contributed by atoms with E-state index < -0.39 is 18.6 Å². The van der Waals surface area contributed by atoms with Gasteiger partial charge in [0.2, 0.25) is 11.7 Å². The first-order valence-corrected chi connectivity index (χ1v) is 8.30. The maximum absolute atomic E-state index is 13.0. The molecule has 26 heavy (non-hydrogen) atoms. The van der Waals surface area contributed by atoms with Crippen LogP contribution in [0.15, 0.2) is 16.5 Å². The van der Waals surface area contributed by atoms with Crippen molar-refractivity contribution < 1.29 is 22.4 Å². The molecule has 1 aliphatic heterocycles. The molecule has 1 atom stereocenters. The number of amides is 1. The zero-order valence-electron chi connectivity index (χ0n) is 14.3. The second-order valence-electron chi connectivity index (χ2n) is 6.52. The van der Waals surface area contributed by atoms with Crippen molar-refractivity contribution in [3.8, 4) is 11.6 Å². The maximum atomic E-state index is 13.0. The number of nitrogens with two attached hydrogens (primary N) is 1. The highest BCUT2D eigenvalue weighted by Gasteiger charge is 2.34. The van der Waals surface area contributed by atoms with Crippen molar-refractivity contribution >= 4 is 5.91 Å². The molecular formula is C16H20F3N5O2. The molecule has 2 aromatic rings. The zero-order chi connectivity index (χ0) is 18.9. The Morgan fingerprint density at radius 2 is 2.19 bits per heavy atom. The van der Waals surface area contributed by atoms with Crippen molar-refractivity contribution in [2.45, 2.75) is 38.4 Å². The van der Waals surface area contributed by atoms with Gasteiger partial charge in [-0.15, -0.1) is 5.10 Å². The fourth-order valence-electron chi connectivity index (χ4n) is 3.23. The van der Waals surface area contributed by atoms with Crippen LogP contribution in [0.5, 0.6) is 0 Å². The number of hydrogen-bond donors (Lipinski definition) is 1. The van der Waals surface area contributed by atoms with Gasteiger partial charge in [0.05, 0.1) is 6.54 Å². The van der Waals surface area contributed by atoms with Crippen LogP contribution in [0.1, 0.15) is 30.3 Å². The molecule has 7 nitrogen and oxygen atoms in total. The van der Waals surface area contributed by atoms with E-state index in [-0.39, 0.29) is 24.1 Å². The third kappa shape index (κ3) is 4.43. The third-order valence-corrected chi connectivity index (χ3v) is 4.24. The standard InChI is InChI=1S/C16H20F3N5O2/c1-10-4-5-12(26-10)14-21-15(24(22-14)9-16(17,18)19)11-3-2-6-23(7-11)8-13(20)25/h4-5,11H,2-3,6-9H2,1H3,(H2,20,25). The van der Waals surface area contributed by atoms with Crippen molar-refractivity contribution in [1.82, 2.24) is 19.7 Å². The zero-order valence-corrected chi connectivity index (χ0v) is 14.3. The Morgan fingerprint density at radius 3 is 2.81 bits per heavy atom. The molecule has 142 valence electrons. The molecule has 1 fully saturated rings. The van der Waals surface area contributed by atoms with E-state index >= 15 is 0 Å². The number of aromatic nitrogens is 3. The molecule has 0 radical (unpaired) electrons. The molecule has 1 saturated heterocycles. The molecule has 0 spiro atoms. The summed E-state index contributed by atoms with van der Waals surface area (Å²) in [6.45, 7) is 1.68. The first-order chi connectivity index (χ1) is 12.2. The average molecular weight is 371 g/mol. The highest BCUT2D eigenvalue weighted by molar-refractivity contribution is 5.75. The monoisotopic (exact) mass is 371 g/mol. The summed E-state index contributed by atoms with van der Waals surface area (Å²) in [5.74, 6) is 0.607. The fourth-order valence-corrected chi connectivity index (χ4v) is 3.23. The Balaban J connectivity index is 1.90. The topological polar surface area (TPSA) is 90.2 Å². The first-order valence-electron chi connectivity index (χ1n) is 8.30. The molecule has 0 aliphatic carbocycles. The van der Waals surface area contributed by atoms with Gasteiger partial charge < -0.3 is 10.2 Å². The second-order valence-corrected chi connectivity index (χ2v) is 6.52. The normalized spacial score (nSPS) is 19.0. The number of carbonyl (C=O) groups is 1. The molecule has 1 amide bonds. The predicted octanol–water partition coefficient (Wildman–Crippen LogP) is 2.07.